The molecule has 0 aliphatic carbocycles. The molecule has 0 unspecified atom stereocenters. The van der Waals surface area contributed by atoms with E-state index < -0.39 is 15.9 Å². The first-order chi connectivity index (χ1) is 15.3. The van der Waals surface area contributed by atoms with E-state index in [0.717, 1.165) is 31.6 Å². The average molecular weight is 462 g/mol. The highest BCUT2D eigenvalue weighted by Gasteiger charge is 2.26. The first kappa shape index (κ1) is 23.9. The van der Waals surface area contributed by atoms with E-state index in [1.807, 2.05) is 0 Å². The summed E-state index contributed by atoms with van der Waals surface area (Å²) in [5, 5.41) is 2.87. The molecule has 174 valence electrons. The molecule has 1 heterocycles. The van der Waals surface area contributed by atoms with Crippen LogP contribution in [0.2, 0.25) is 0 Å². The topological polar surface area (TPSA) is 88.2 Å². The molecule has 0 radical (unpaired) electrons. The number of ether oxygens (including phenoxy) is 2. The van der Waals surface area contributed by atoms with Crippen molar-refractivity contribution in [2.24, 2.45) is 0 Å². The van der Waals surface area contributed by atoms with Crippen LogP contribution in [0.5, 0.6) is 11.5 Å². The summed E-state index contributed by atoms with van der Waals surface area (Å²) in [6, 6.07) is 9.90. The number of benzene rings is 2. The summed E-state index contributed by atoms with van der Waals surface area (Å²) in [5.41, 5.74) is 1.52. The van der Waals surface area contributed by atoms with E-state index in [1.165, 1.54) is 17.5 Å². The number of carbonyl (C=O) groups excluding carboxylic acids is 1. The molecule has 0 atom stereocenters. The first-order valence-corrected chi connectivity index (χ1v) is 12.2. The normalized spacial score (nSPS) is 14.0. The van der Waals surface area contributed by atoms with Crippen LogP contribution in [0.3, 0.4) is 0 Å². The quantitative estimate of drug-likeness (QED) is 0.614. The monoisotopic (exact) mass is 461 g/mol. The van der Waals surface area contributed by atoms with Gasteiger partial charge in [0.2, 0.25) is 10.0 Å². The lowest BCUT2D eigenvalue weighted by Gasteiger charge is -2.23. The molecule has 1 aliphatic heterocycles. The van der Waals surface area contributed by atoms with E-state index >= 15 is 0 Å². The fourth-order valence-corrected chi connectivity index (χ4v) is 5.38. The van der Waals surface area contributed by atoms with Crippen LogP contribution in [0.4, 0.5) is 11.4 Å². The second-order valence-corrected chi connectivity index (χ2v) is 9.42. The number of sulfonamides is 1. The second kappa shape index (κ2) is 10.2. The molecule has 1 amide bonds. The molecular weight excluding hydrogens is 430 g/mol. The zero-order chi connectivity index (χ0) is 23.3. The van der Waals surface area contributed by atoms with Crippen molar-refractivity contribution in [2.45, 2.75) is 31.6 Å². The molecule has 0 saturated carbocycles. The zero-order valence-corrected chi connectivity index (χ0v) is 19.9. The van der Waals surface area contributed by atoms with Crippen molar-refractivity contribution in [2.75, 3.05) is 50.6 Å². The van der Waals surface area contributed by atoms with Gasteiger partial charge in [-0.25, -0.2) is 8.42 Å². The van der Waals surface area contributed by atoms with Crippen LogP contribution in [-0.4, -0.2) is 59.0 Å². The minimum atomic E-state index is -3.70. The third-order valence-electron chi connectivity index (χ3n) is 5.66. The van der Waals surface area contributed by atoms with Crippen LogP contribution in [0, 0.1) is 0 Å². The van der Waals surface area contributed by atoms with Gasteiger partial charge < -0.3 is 19.7 Å². The van der Waals surface area contributed by atoms with E-state index in [0.29, 0.717) is 35.8 Å². The number of carbonyl (C=O) groups is 1. The van der Waals surface area contributed by atoms with Crippen molar-refractivity contribution in [3.05, 3.63) is 42.0 Å². The van der Waals surface area contributed by atoms with E-state index in [4.69, 9.17) is 9.47 Å². The van der Waals surface area contributed by atoms with Gasteiger partial charge >= 0.3 is 0 Å². The van der Waals surface area contributed by atoms with Gasteiger partial charge in [-0.3, -0.25) is 4.79 Å². The molecular formula is C23H31N3O5S. The third kappa shape index (κ3) is 4.83. The summed E-state index contributed by atoms with van der Waals surface area (Å²) < 4.78 is 38.1. The molecule has 2 aromatic rings. The lowest BCUT2D eigenvalue weighted by molar-refractivity contribution is 0.102. The second-order valence-electron chi connectivity index (χ2n) is 7.48. The van der Waals surface area contributed by atoms with Crippen LogP contribution >= 0.6 is 0 Å². The Hall–Kier alpha value is -2.78. The molecule has 1 N–H and O–H groups in total. The first-order valence-electron chi connectivity index (χ1n) is 10.8. The summed E-state index contributed by atoms with van der Waals surface area (Å²) in [6.07, 6.45) is 2.07. The predicted molar refractivity (Wildman–Crippen MR) is 125 cm³/mol. The molecule has 8 nitrogen and oxygen atoms in total. The average Bonchev–Trinajstić information content (AvgIpc) is 3.34. The third-order valence-corrected chi connectivity index (χ3v) is 7.71. The smallest absolute Gasteiger partial charge is 0.257 e. The summed E-state index contributed by atoms with van der Waals surface area (Å²) in [4.78, 5) is 15.6. The van der Waals surface area contributed by atoms with Crippen molar-refractivity contribution in [1.82, 2.24) is 4.31 Å². The number of amides is 1. The van der Waals surface area contributed by atoms with Gasteiger partial charge in [0.15, 0.2) is 0 Å². The Morgan fingerprint density at radius 1 is 1.03 bits per heavy atom. The molecule has 3 rings (SSSR count). The lowest BCUT2D eigenvalue weighted by atomic mass is 10.1. The molecule has 32 heavy (non-hydrogen) atoms. The Kier molecular flexibility index (Phi) is 7.63. The van der Waals surface area contributed by atoms with Gasteiger partial charge in [0.1, 0.15) is 11.5 Å². The zero-order valence-electron chi connectivity index (χ0n) is 19.1. The lowest BCUT2D eigenvalue weighted by Crippen LogP contribution is -2.31. The van der Waals surface area contributed by atoms with Crippen molar-refractivity contribution >= 4 is 27.3 Å². The molecule has 1 saturated heterocycles. The summed E-state index contributed by atoms with van der Waals surface area (Å²) >= 11 is 0. The van der Waals surface area contributed by atoms with E-state index in [1.54, 1.807) is 51.3 Å². The van der Waals surface area contributed by atoms with Gasteiger partial charge in [-0.1, -0.05) is 13.8 Å². The molecule has 1 fully saturated rings. The van der Waals surface area contributed by atoms with E-state index in [-0.39, 0.29) is 4.90 Å². The maximum Gasteiger partial charge on any atom is 0.257 e. The Morgan fingerprint density at radius 3 is 2.31 bits per heavy atom. The maximum atomic E-state index is 13.4. The van der Waals surface area contributed by atoms with Crippen molar-refractivity contribution in [3.63, 3.8) is 0 Å². The highest BCUT2D eigenvalue weighted by molar-refractivity contribution is 7.89. The van der Waals surface area contributed by atoms with Crippen molar-refractivity contribution in [1.29, 1.82) is 0 Å². The van der Waals surface area contributed by atoms with Gasteiger partial charge in [0.25, 0.3) is 5.91 Å². The minimum Gasteiger partial charge on any atom is -0.497 e. The number of nitrogens with one attached hydrogen (secondary N) is 1. The van der Waals surface area contributed by atoms with Crippen molar-refractivity contribution in [3.8, 4) is 11.5 Å². The molecule has 0 spiro atoms. The Balaban J connectivity index is 2.03. The van der Waals surface area contributed by atoms with Crippen LogP contribution in [-0.2, 0) is 10.0 Å². The van der Waals surface area contributed by atoms with Crippen LogP contribution in [0.1, 0.15) is 37.0 Å². The molecule has 0 aromatic heterocycles. The van der Waals surface area contributed by atoms with Gasteiger partial charge in [-0.05, 0) is 43.2 Å². The van der Waals surface area contributed by atoms with Gasteiger partial charge in [-0.2, -0.15) is 4.31 Å². The fraction of sp³-hybridized carbons (Fsp3) is 0.435. The number of hydrogen-bond donors (Lipinski definition) is 1. The fourth-order valence-electron chi connectivity index (χ4n) is 3.90. The van der Waals surface area contributed by atoms with Gasteiger partial charge in [0, 0.05) is 37.9 Å². The van der Waals surface area contributed by atoms with E-state index in [9.17, 15) is 13.2 Å². The Morgan fingerprint density at radius 2 is 1.72 bits per heavy atom. The molecule has 2 aromatic carbocycles. The highest BCUT2D eigenvalue weighted by Crippen LogP contribution is 2.32. The Labute approximate surface area is 190 Å². The standard InChI is InChI=1S/C23H31N3O5S/c1-5-26(6-2)32(28,29)18-10-12-21(25-13-7-8-14-25)19(16-18)23(27)24-20-11-9-17(30-3)15-22(20)31-4/h9-12,15-16H,5-8,13-14H2,1-4H3,(H,24,27). The van der Waals surface area contributed by atoms with Crippen LogP contribution in [0.15, 0.2) is 41.3 Å². The minimum absolute atomic E-state index is 0.107. The summed E-state index contributed by atoms with van der Waals surface area (Å²) in [7, 11) is -0.635. The van der Waals surface area contributed by atoms with E-state index in [2.05, 4.69) is 10.2 Å². The van der Waals surface area contributed by atoms with Crippen LogP contribution < -0.4 is 19.7 Å². The molecule has 9 heteroatoms. The summed E-state index contributed by atoms with van der Waals surface area (Å²) in [6.45, 7) is 5.96. The number of rotatable bonds is 9. The van der Waals surface area contributed by atoms with Gasteiger partial charge in [-0.15, -0.1) is 0 Å². The number of hydrogen-bond acceptors (Lipinski definition) is 6. The number of nitrogens with zero attached hydrogens (tertiary/aromatic N) is 2. The Bertz CT molecular complexity index is 1060. The van der Waals surface area contributed by atoms with Crippen molar-refractivity contribution < 1.29 is 22.7 Å². The summed E-state index contributed by atoms with van der Waals surface area (Å²) in [5.74, 6) is 0.657. The molecule has 0 bridgehead atoms. The number of methoxy groups -OCH3 is 2. The largest absolute Gasteiger partial charge is 0.497 e. The van der Waals surface area contributed by atoms with Crippen LogP contribution in [0.25, 0.3) is 0 Å². The molecule has 1 aliphatic rings. The maximum absolute atomic E-state index is 13.4. The highest BCUT2D eigenvalue weighted by atomic mass is 32.2. The number of anilines is 2. The predicted octanol–water partition coefficient (Wildman–Crippen LogP) is 3.59. The SMILES string of the molecule is CCN(CC)S(=O)(=O)c1ccc(N2CCCC2)c(C(=O)Nc2ccc(OC)cc2OC)c1. The van der Waals surface area contributed by atoms with Gasteiger partial charge in [0.05, 0.1) is 30.4 Å².